The zero-order valence-corrected chi connectivity index (χ0v) is 20.2. The first kappa shape index (κ1) is 23.3. The maximum atomic E-state index is 13.0. The van der Waals surface area contributed by atoms with E-state index in [1.807, 2.05) is 19.1 Å². The molecule has 2 aliphatic carbocycles. The summed E-state index contributed by atoms with van der Waals surface area (Å²) in [5.41, 5.74) is 1.76. The summed E-state index contributed by atoms with van der Waals surface area (Å²) in [7, 11) is 0. The fourth-order valence-corrected chi connectivity index (χ4v) is 5.46. The van der Waals surface area contributed by atoms with Gasteiger partial charge in [-0.15, -0.1) is 29.6 Å². The van der Waals surface area contributed by atoms with Crippen LogP contribution in [0, 0.1) is 25.2 Å². The molecule has 2 unspecified atom stereocenters. The van der Waals surface area contributed by atoms with Gasteiger partial charge in [-0.1, -0.05) is 35.2 Å². The molecule has 0 heterocycles. The van der Waals surface area contributed by atoms with E-state index < -0.39 is 21.7 Å². The molecule has 4 rings (SSSR count). The highest BCUT2D eigenvalue weighted by Crippen LogP contribution is 2.65. The van der Waals surface area contributed by atoms with Crippen LogP contribution in [0.3, 0.4) is 0 Å². The van der Waals surface area contributed by atoms with Crippen LogP contribution in [-0.4, -0.2) is 21.7 Å². The second-order valence-corrected chi connectivity index (χ2v) is 10.7. The molecule has 0 radical (unpaired) electrons. The van der Waals surface area contributed by atoms with Crippen molar-refractivity contribution in [1.82, 2.24) is 5.32 Å². The highest BCUT2D eigenvalue weighted by Gasteiger charge is 2.67. The van der Waals surface area contributed by atoms with Gasteiger partial charge in [0.05, 0.1) is 16.5 Å². The first-order valence-electron chi connectivity index (χ1n) is 10.1. The number of anilines is 1. The maximum Gasteiger partial charge on any atom is 0.254 e. The number of alkyl halides is 2. The number of benzene rings is 2. The van der Waals surface area contributed by atoms with Gasteiger partial charge in [0.25, 0.3) is 5.91 Å². The van der Waals surface area contributed by atoms with Crippen LogP contribution in [0.1, 0.15) is 46.7 Å². The number of amides is 2. The number of hydrogen-bond donors (Lipinski definition) is 2. The molecule has 2 atom stereocenters. The standard InChI is InChI=1S/C24H20Cl4N2O2/c1-3-23(7-4-8-23)30-21(31)17-12-16(5-6-18(17)26)29-22(32)20-19(24(20,27)28)14-9-13(2)10-15(25)11-14/h1,5-6,9-12,19-20H,4,7-8H2,2H3,(H,29,32)(H,30,31). The lowest BCUT2D eigenvalue weighted by Gasteiger charge is -2.37. The first-order valence-corrected chi connectivity index (χ1v) is 11.6. The van der Waals surface area contributed by atoms with Gasteiger partial charge in [-0.25, -0.2) is 0 Å². The molecule has 2 amide bonds. The fraction of sp³-hybridized carbons (Fsp3) is 0.333. The van der Waals surface area contributed by atoms with Gasteiger partial charge in [0.1, 0.15) is 9.87 Å². The van der Waals surface area contributed by atoms with Crippen molar-refractivity contribution in [2.45, 2.75) is 42.0 Å². The van der Waals surface area contributed by atoms with Gasteiger partial charge in [-0.3, -0.25) is 9.59 Å². The van der Waals surface area contributed by atoms with Crippen molar-refractivity contribution >= 4 is 63.9 Å². The Morgan fingerprint density at radius 2 is 1.84 bits per heavy atom. The molecular formula is C24H20Cl4N2O2. The molecule has 2 N–H and O–H groups in total. The van der Waals surface area contributed by atoms with Crippen LogP contribution in [0.15, 0.2) is 36.4 Å². The summed E-state index contributed by atoms with van der Waals surface area (Å²) in [5.74, 6) is 0.854. The van der Waals surface area contributed by atoms with E-state index in [1.165, 1.54) is 6.07 Å². The smallest absolute Gasteiger partial charge is 0.254 e. The van der Waals surface area contributed by atoms with Gasteiger partial charge >= 0.3 is 0 Å². The molecule has 0 aliphatic heterocycles. The Morgan fingerprint density at radius 3 is 2.44 bits per heavy atom. The molecule has 0 spiro atoms. The number of halogens is 4. The normalized spacial score (nSPS) is 22.2. The molecule has 0 saturated heterocycles. The second kappa shape index (κ2) is 8.47. The van der Waals surface area contributed by atoms with E-state index in [2.05, 4.69) is 16.6 Å². The summed E-state index contributed by atoms with van der Waals surface area (Å²) in [4.78, 5) is 25.7. The van der Waals surface area contributed by atoms with Crippen LogP contribution < -0.4 is 10.6 Å². The minimum Gasteiger partial charge on any atom is -0.336 e. The minimum atomic E-state index is -1.25. The van der Waals surface area contributed by atoms with Crippen LogP contribution in [-0.2, 0) is 4.79 Å². The van der Waals surface area contributed by atoms with Gasteiger partial charge in [-0.2, -0.15) is 0 Å². The number of carbonyl (C=O) groups excluding carboxylic acids is 2. The number of rotatable bonds is 5. The summed E-state index contributed by atoms with van der Waals surface area (Å²) in [6.07, 6.45) is 8.00. The minimum absolute atomic E-state index is 0.229. The Bertz CT molecular complexity index is 1130. The molecule has 2 saturated carbocycles. The molecule has 2 fully saturated rings. The lowest BCUT2D eigenvalue weighted by atomic mass is 9.77. The molecule has 0 bridgehead atoms. The Morgan fingerprint density at radius 1 is 1.12 bits per heavy atom. The second-order valence-electron chi connectivity index (χ2n) is 8.41. The first-order chi connectivity index (χ1) is 15.1. The number of nitrogens with one attached hydrogen (secondary N) is 2. The quantitative estimate of drug-likeness (QED) is 0.377. The van der Waals surface area contributed by atoms with E-state index >= 15 is 0 Å². The van der Waals surface area contributed by atoms with Gasteiger partial charge in [0.15, 0.2) is 0 Å². The van der Waals surface area contributed by atoms with E-state index in [1.54, 1.807) is 18.2 Å². The third-order valence-electron chi connectivity index (χ3n) is 6.07. The summed E-state index contributed by atoms with van der Waals surface area (Å²) < 4.78 is -1.25. The number of aryl methyl sites for hydroxylation is 1. The SMILES string of the molecule is C#CC1(NC(=O)c2cc(NC(=O)C3C(c4cc(C)cc(Cl)c4)C3(Cl)Cl)ccc2Cl)CCC1. The summed E-state index contributed by atoms with van der Waals surface area (Å²) in [6.45, 7) is 1.91. The van der Waals surface area contributed by atoms with E-state index in [0.29, 0.717) is 10.7 Å². The van der Waals surface area contributed by atoms with Crippen LogP contribution in [0.2, 0.25) is 10.0 Å². The third-order valence-corrected chi connectivity index (χ3v) is 7.56. The predicted octanol–water partition coefficient (Wildman–Crippen LogP) is 6.11. The molecule has 2 aromatic rings. The van der Waals surface area contributed by atoms with Crippen molar-refractivity contribution in [3.63, 3.8) is 0 Å². The molecule has 2 aromatic carbocycles. The monoisotopic (exact) mass is 508 g/mol. The average Bonchev–Trinajstić information content (AvgIpc) is 3.27. The van der Waals surface area contributed by atoms with E-state index in [4.69, 9.17) is 52.8 Å². The lowest BCUT2D eigenvalue weighted by Crippen LogP contribution is -2.52. The van der Waals surface area contributed by atoms with Crippen LogP contribution >= 0.6 is 46.4 Å². The third kappa shape index (κ3) is 4.32. The van der Waals surface area contributed by atoms with Crippen LogP contribution in [0.4, 0.5) is 5.69 Å². The van der Waals surface area contributed by atoms with Crippen molar-refractivity contribution in [2.24, 2.45) is 5.92 Å². The summed E-state index contributed by atoms with van der Waals surface area (Å²) in [5, 5.41) is 6.49. The number of hydrogen-bond acceptors (Lipinski definition) is 2. The Kier molecular flexibility index (Phi) is 6.15. The highest BCUT2D eigenvalue weighted by molar-refractivity contribution is 6.53. The summed E-state index contributed by atoms with van der Waals surface area (Å²) >= 11 is 25.3. The van der Waals surface area contributed by atoms with Crippen LogP contribution in [0.5, 0.6) is 0 Å². The molecule has 166 valence electrons. The van der Waals surface area contributed by atoms with Crippen molar-refractivity contribution in [3.8, 4) is 12.3 Å². The van der Waals surface area contributed by atoms with Gasteiger partial charge < -0.3 is 10.6 Å². The molecule has 4 nitrogen and oxygen atoms in total. The number of carbonyl (C=O) groups is 2. The molecule has 32 heavy (non-hydrogen) atoms. The largest absolute Gasteiger partial charge is 0.336 e. The van der Waals surface area contributed by atoms with Crippen molar-refractivity contribution in [1.29, 1.82) is 0 Å². The Hall–Kier alpha value is -1.90. The zero-order chi connectivity index (χ0) is 23.3. The fourth-order valence-electron chi connectivity index (χ4n) is 4.13. The molecule has 8 heteroatoms. The lowest BCUT2D eigenvalue weighted by molar-refractivity contribution is -0.117. The predicted molar refractivity (Wildman–Crippen MR) is 130 cm³/mol. The van der Waals surface area contributed by atoms with Crippen LogP contribution in [0.25, 0.3) is 0 Å². The van der Waals surface area contributed by atoms with E-state index in [-0.39, 0.29) is 22.4 Å². The van der Waals surface area contributed by atoms with Crippen molar-refractivity contribution in [3.05, 3.63) is 63.1 Å². The Balaban J connectivity index is 1.51. The molecule has 2 aliphatic rings. The highest BCUT2D eigenvalue weighted by atomic mass is 35.5. The molecular weight excluding hydrogens is 490 g/mol. The van der Waals surface area contributed by atoms with Gasteiger partial charge in [0.2, 0.25) is 5.91 Å². The number of terminal acetylenes is 1. The van der Waals surface area contributed by atoms with Crippen molar-refractivity contribution in [2.75, 3.05) is 5.32 Å². The van der Waals surface area contributed by atoms with Gasteiger partial charge in [-0.05, 0) is 67.6 Å². The average molecular weight is 510 g/mol. The van der Waals surface area contributed by atoms with Gasteiger partial charge in [0, 0.05) is 16.6 Å². The Labute approximate surface area is 206 Å². The topological polar surface area (TPSA) is 58.2 Å². The van der Waals surface area contributed by atoms with Crippen molar-refractivity contribution < 1.29 is 9.59 Å². The molecule has 0 aromatic heterocycles. The van der Waals surface area contributed by atoms with E-state index in [0.717, 1.165) is 30.4 Å². The maximum absolute atomic E-state index is 13.0. The zero-order valence-electron chi connectivity index (χ0n) is 17.1. The summed E-state index contributed by atoms with van der Waals surface area (Å²) in [6, 6.07) is 10.2. The van der Waals surface area contributed by atoms with E-state index in [9.17, 15) is 9.59 Å².